The molecule has 0 bridgehead atoms. The molecule has 2 N–H and O–H groups in total. The van der Waals surface area contributed by atoms with E-state index in [-0.39, 0.29) is 0 Å². The van der Waals surface area contributed by atoms with Gasteiger partial charge >= 0.3 is 0 Å². The van der Waals surface area contributed by atoms with Crippen LogP contribution >= 0.6 is 22.7 Å². The Labute approximate surface area is 180 Å². The second-order valence-corrected chi connectivity index (χ2v) is 8.85. The van der Waals surface area contributed by atoms with Crippen LogP contribution in [0.2, 0.25) is 0 Å². The van der Waals surface area contributed by atoms with Gasteiger partial charge in [-0.15, -0.1) is 22.7 Å². The molecule has 29 heavy (non-hydrogen) atoms. The van der Waals surface area contributed by atoms with Crippen molar-refractivity contribution < 1.29 is 0 Å². The minimum atomic E-state index is 0.458. The van der Waals surface area contributed by atoms with Crippen molar-refractivity contribution in [2.45, 2.75) is 32.4 Å². The number of thiazole rings is 1. The summed E-state index contributed by atoms with van der Waals surface area (Å²) < 4.78 is 0. The van der Waals surface area contributed by atoms with E-state index < -0.39 is 0 Å². The van der Waals surface area contributed by atoms with E-state index in [9.17, 15) is 0 Å². The maximum atomic E-state index is 4.78. The normalized spacial score (nSPS) is 15.5. The molecule has 1 fully saturated rings. The fourth-order valence-electron chi connectivity index (χ4n) is 3.46. The lowest BCUT2D eigenvalue weighted by atomic mass is 10.1. The van der Waals surface area contributed by atoms with Crippen LogP contribution in [0.15, 0.2) is 58.2 Å². The SMILES string of the molecule is CCNC(=NCc1csc(-c2ccccc2)n1)NC1CCN(c2cccs2)CC1. The minimum Gasteiger partial charge on any atom is -0.363 e. The summed E-state index contributed by atoms with van der Waals surface area (Å²) in [6, 6.07) is 15.1. The number of piperidine rings is 1. The van der Waals surface area contributed by atoms with Crippen LogP contribution in [0.3, 0.4) is 0 Å². The van der Waals surface area contributed by atoms with E-state index in [1.807, 2.05) is 29.5 Å². The van der Waals surface area contributed by atoms with E-state index >= 15 is 0 Å². The quantitative estimate of drug-likeness (QED) is 0.448. The molecule has 1 saturated heterocycles. The zero-order chi connectivity index (χ0) is 19.9. The van der Waals surface area contributed by atoms with Gasteiger partial charge in [0.1, 0.15) is 5.01 Å². The summed E-state index contributed by atoms with van der Waals surface area (Å²) in [4.78, 5) is 12.0. The summed E-state index contributed by atoms with van der Waals surface area (Å²) in [5, 5.41) is 13.7. The Morgan fingerprint density at radius 1 is 1.14 bits per heavy atom. The smallest absolute Gasteiger partial charge is 0.191 e. The highest BCUT2D eigenvalue weighted by molar-refractivity contribution is 7.14. The lowest BCUT2D eigenvalue weighted by Crippen LogP contribution is -2.48. The Balaban J connectivity index is 1.33. The molecular formula is C22H27N5S2. The number of aromatic nitrogens is 1. The Hall–Kier alpha value is -2.38. The lowest BCUT2D eigenvalue weighted by molar-refractivity contribution is 0.463. The van der Waals surface area contributed by atoms with Gasteiger partial charge in [-0.3, -0.25) is 0 Å². The topological polar surface area (TPSA) is 52.6 Å². The first-order valence-corrected chi connectivity index (χ1v) is 11.9. The predicted octanol–water partition coefficient (Wildman–Crippen LogP) is 4.60. The van der Waals surface area contributed by atoms with Crippen LogP contribution in [-0.4, -0.2) is 36.6 Å². The number of nitrogens with zero attached hydrogens (tertiary/aromatic N) is 3. The Bertz CT molecular complexity index is 896. The maximum absolute atomic E-state index is 4.78. The van der Waals surface area contributed by atoms with Gasteiger partial charge in [-0.2, -0.15) is 0 Å². The second kappa shape index (κ2) is 9.89. The van der Waals surface area contributed by atoms with Crippen LogP contribution in [0.1, 0.15) is 25.5 Å². The number of aliphatic imine (C=N–C) groups is 1. The molecule has 0 amide bonds. The second-order valence-electron chi connectivity index (χ2n) is 7.06. The highest BCUT2D eigenvalue weighted by Gasteiger charge is 2.20. The summed E-state index contributed by atoms with van der Waals surface area (Å²) in [5.74, 6) is 0.885. The largest absolute Gasteiger partial charge is 0.363 e. The summed E-state index contributed by atoms with van der Waals surface area (Å²) in [5.41, 5.74) is 2.17. The molecular weight excluding hydrogens is 398 g/mol. The minimum absolute atomic E-state index is 0.458. The molecule has 1 aliphatic rings. The lowest BCUT2D eigenvalue weighted by Gasteiger charge is -2.33. The monoisotopic (exact) mass is 425 g/mol. The van der Waals surface area contributed by atoms with Gasteiger partial charge in [0, 0.05) is 36.6 Å². The third kappa shape index (κ3) is 5.36. The van der Waals surface area contributed by atoms with Crippen LogP contribution < -0.4 is 15.5 Å². The first kappa shape index (κ1) is 19.9. The highest BCUT2D eigenvalue weighted by atomic mass is 32.1. The first-order valence-electron chi connectivity index (χ1n) is 10.1. The number of guanidine groups is 1. The van der Waals surface area contributed by atoms with Crippen molar-refractivity contribution in [1.82, 2.24) is 15.6 Å². The number of hydrogen-bond acceptors (Lipinski definition) is 5. The van der Waals surface area contributed by atoms with Gasteiger partial charge < -0.3 is 15.5 Å². The molecule has 1 aromatic carbocycles. The van der Waals surface area contributed by atoms with Gasteiger partial charge in [-0.05, 0) is 37.3 Å². The molecule has 3 heterocycles. The van der Waals surface area contributed by atoms with Gasteiger partial charge in [-0.25, -0.2) is 9.98 Å². The standard InChI is InChI=1S/C22H27N5S2/c1-2-23-22(26-18-10-12-27(13-11-18)20-9-6-14-28-20)24-15-19-16-29-21(25-19)17-7-4-3-5-8-17/h3-9,14,16,18H,2,10-13,15H2,1H3,(H2,23,24,26). The van der Waals surface area contributed by atoms with Crippen LogP contribution in [0, 0.1) is 0 Å². The van der Waals surface area contributed by atoms with Crippen LogP contribution in [-0.2, 0) is 6.54 Å². The van der Waals surface area contributed by atoms with E-state index in [0.29, 0.717) is 12.6 Å². The molecule has 1 aliphatic heterocycles. The van der Waals surface area contributed by atoms with Crippen molar-refractivity contribution in [3.63, 3.8) is 0 Å². The van der Waals surface area contributed by atoms with Crippen LogP contribution in [0.25, 0.3) is 10.6 Å². The number of nitrogens with one attached hydrogen (secondary N) is 2. The van der Waals surface area contributed by atoms with Crippen molar-refractivity contribution in [2.75, 3.05) is 24.5 Å². The molecule has 0 spiro atoms. The fraction of sp³-hybridized carbons (Fsp3) is 0.364. The van der Waals surface area contributed by atoms with Gasteiger partial charge in [-0.1, -0.05) is 30.3 Å². The number of benzene rings is 1. The number of rotatable bonds is 6. The molecule has 0 unspecified atom stereocenters. The Morgan fingerprint density at radius 3 is 2.69 bits per heavy atom. The molecule has 2 aromatic heterocycles. The van der Waals surface area contributed by atoms with Gasteiger partial charge in [0.25, 0.3) is 0 Å². The average Bonchev–Trinajstić information content (AvgIpc) is 3.46. The molecule has 0 aliphatic carbocycles. The Kier molecular flexibility index (Phi) is 6.79. The third-order valence-corrected chi connectivity index (χ3v) is 6.84. The molecule has 5 nitrogen and oxygen atoms in total. The van der Waals surface area contributed by atoms with Crippen molar-refractivity contribution >= 4 is 33.6 Å². The number of thiophene rings is 1. The molecule has 3 aromatic rings. The van der Waals surface area contributed by atoms with Crippen molar-refractivity contribution in [3.05, 3.63) is 58.9 Å². The van der Waals surface area contributed by atoms with E-state index in [1.165, 1.54) is 5.00 Å². The third-order valence-electron chi connectivity index (χ3n) is 4.97. The van der Waals surface area contributed by atoms with E-state index in [4.69, 9.17) is 9.98 Å². The first-order chi connectivity index (χ1) is 14.3. The molecule has 7 heteroatoms. The molecule has 0 saturated carbocycles. The molecule has 0 atom stereocenters. The van der Waals surface area contributed by atoms with Crippen molar-refractivity contribution in [2.24, 2.45) is 4.99 Å². The summed E-state index contributed by atoms with van der Waals surface area (Å²) in [7, 11) is 0. The Morgan fingerprint density at radius 2 is 1.97 bits per heavy atom. The van der Waals surface area contributed by atoms with Gasteiger partial charge in [0.15, 0.2) is 5.96 Å². The average molecular weight is 426 g/mol. The fourth-order valence-corrected chi connectivity index (χ4v) is 5.06. The zero-order valence-corrected chi connectivity index (χ0v) is 18.3. The molecule has 4 rings (SSSR count). The van der Waals surface area contributed by atoms with Crippen LogP contribution in [0.4, 0.5) is 5.00 Å². The molecule has 152 valence electrons. The summed E-state index contributed by atoms with van der Waals surface area (Å²) >= 11 is 3.50. The van der Waals surface area contributed by atoms with Gasteiger partial charge in [0.05, 0.1) is 17.2 Å². The van der Waals surface area contributed by atoms with E-state index in [2.05, 4.69) is 57.5 Å². The van der Waals surface area contributed by atoms with Gasteiger partial charge in [0.2, 0.25) is 0 Å². The number of hydrogen-bond donors (Lipinski definition) is 2. The highest BCUT2D eigenvalue weighted by Crippen LogP contribution is 2.25. The summed E-state index contributed by atoms with van der Waals surface area (Å²) in [6.07, 6.45) is 2.24. The molecule has 0 radical (unpaired) electrons. The number of anilines is 1. The zero-order valence-electron chi connectivity index (χ0n) is 16.7. The maximum Gasteiger partial charge on any atom is 0.191 e. The summed E-state index contributed by atoms with van der Waals surface area (Å²) in [6.45, 7) is 5.72. The van der Waals surface area contributed by atoms with Crippen molar-refractivity contribution in [3.8, 4) is 10.6 Å². The van der Waals surface area contributed by atoms with Crippen LogP contribution in [0.5, 0.6) is 0 Å². The van der Waals surface area contributed by atoms with Crippen molar-refractivity contribution in [1.29, 1.82) is 0 Å². The van der Waals surface area contributed by atoms with E-state index in [1.54, 1.807) is 11.3 Å². The van der Waals surface area contributed by atoms with E-state index in [0.717, 1.165) is 54.7 Å². The predicted molar refractivity (Wildman–Crippen MR) is 125 cm³/mol.